The number of nitrogens with one attached hydrogen (secondary N) is 1. The van der Waals surface area contributed by atoms with Crippen LogP contribution in [-0.2, 0) is 11.2 Å². The Hall–Kier alpha value is -2.58. The smallest absolute Gasteiger partial charge is 0.227 e. The summed E-state index contributed by atoms with van der Waals surface area (Å²) in [5.74, 6) is 1.06. The minimum atomic E-state index is -0.377. The van der Waals surface area contributed by atoms with Gasteiger partial charge in [0, 0.05) is 68.4 Å². The van der Waals surface area contributed by atoms with E-state index in [0.29, 0.717) is 35.2 Å². The third kappa shape index (κ3) is 7.45. The molecule has 1 aliphatic heterocycles. The molecule has 2 aromatic rings. The summed E-state index contributed by atoms with van der Waals surface area (Å²) >= 11 is 0. The Morgan fingerprint density at radius 1 is 1.14 bits per heavy atom. The first-order valence-corrected chi connectivity index (χ1v) is 12.9. The first-order chi connectivity index (χ1) is 17.0. The largest absolute Gasteiger partial charge is 0.492 e. The average molecular weight is 484 g/mol. The Labute approximate surface area is 208 Å². The summed E-state index contributed by atoms with van der Waals surface area (Å²) in [7, 11) is 2.13. The van der Waals surface area contributed by atoms with Crippen LogP contribution >= 0.6 is 0 Å². The molecule has 35 heavy (non-hydrogen) atoms. The van der Waals surface area contributed by atoms with E-state index in [1.54, 1.807) is 24.5 Å². The van der Waals surface area contributed by atoms with Crippen LogP contribution in [0, 0.1) is 11.7 Å². The number of ether oxygens (including phenoxy) is 1. The number of piperazine rings is 1. The Morgan fingerprint density at radius 3 is 2.54 bits per heavy atom. The van der Waals surface area contributed by atoms with Crippen molar-refractivity contribution in [3.05, 3.63) is 42.2 Å². The third-order valence-electron chi connectivity index (χ3n) is 7.29. The Bertz CT molecular complexity index is 957. The Balaban J connectivity index is 1.26. The van der Waals surface area contributed by atoms with Gasteiger partial charge in [0.2, 0.25) is 5.91 Å². The molecule has 2 heterocycles. The van der Waals surface area contributed by atoms with Gasteiger partial charge in [0.25, 0.3) is 0 Å². The second-order valence-electron chi connectivity index (χ2n) is 9.95. The molecule has 1 amide bonds. The van der Waals surface area contributed by atoms with E-state index in [4.69, 9.17) is 4.74 Å². The van der Waals surface area contributed by atoms with E-state index in [9.17, 15) is 9.18 Å². The standard InChI is InChI=1S/C27H38FN5O2/c1-20(21-6-4-3-5-7-21)31-27(34)17-26-29-18-22(19-30-26)24-9-8-23(16-25(24)28)35-15-14-33-12-10-32(2)11-13-33/h8-9,16,18-21H,3-7,10-15,17H2,1-2H3,(H,31,34)/t20-/m1/s1. The van der Waals surface area contributed by atoms with Crippen molar-refractivity contribution in [1.29, 1.82) is 0 Å². The van der Waals surface area contributed by atoms with E-state index < -0.39 is 0 Å². The summed E-state index contributed by atoms with van der Waals surface area (Å²) in [5.41, 5.74) is 0.990. The number of halogens is 1. The van der Waals surface area contributed by atoms with Gasteiger partial charge in [-0.05, 0) is 44.9 Å². The maximum Gasteiger partial charge on any atom is 0.227 e. The van der Waals surface area contributed by atoms with Gasteiger partial charge in [-0.3, -0.25) is 9.69 Å². The van der Waals surface area contributed by atoms with Crippen molar-refractivity contribution in [3.63, 3.8) is 0 Å². The molecule has 4 rings (SSSR count). The molecule has 0 spiro atoms. The van der Waals surface area contributed by atoms with E-state index in [1.165, 1.54) is 38.2 Å². The van der Waals surface area contributed by atoms with Gasteiger partial charge in [-0.15, -0.1) is 0 Å². The van der Waals surface area contributed by atoms with Crippen LogP contribution in [0.5, 0.6) is 5.75 Å². The van der Waals surface area contributed by atoms with Crippen molar-refractivity contribution in [1.82, 2.24) is 25.1 Å². The maximum atomic E-state index is 14.8. The minimum Gasteiger partial charge on any atom is -0.492 e. The van der Waals surface area contributed by atoms with Crippen LogP contribution in [0.15, 0.2) is 30.6 Å². The van der Waals surface area contributed by atoms with Crippen molar-refractivity contribution in [2.75, 3.05) is 46.4 Å². The molecular formula is C27H38FN5O2. The number of hydrogen-bond donors (Lipinski definition) is 1. The molecule has 190 valence electrons. The zero-order valence-electron chi connectivity index (χ0n) is 21.0. The molecule has 8 heteroatoms. The lowest BCUT2D eigenvalue weighted by molar-refractivity contribution is -0.121. The quantitative estimate of drug-likeness (QED) is 0.588. The van der Waals surface area contributed by atoms with Crippen molar-refractivity contribution >= 4 is 5.91 Å². The lowest BCUT2D eigenvalue weighted by Gasteiger charge is -2.32. The monoisotopic (exact) mass is 483 g/mol. The van der Waals surface area contributed by atoms with Crippen LogP contribution < -0.4 is 10.1 Å². The van der Waals surface area contributed by atoms with Crippen LogP contribution in [0.25, 0.3) is 11.1 Å². The highest BCUT2D eigenvalue weighted by Crippen LogP contribution is 2.27. The Kier molecular flexibility index (Phi) is 9.04. The van der Waals surface area contributed by atoms with Gasteiger partial charge in [0.1, 0.15) is 24.0 Å². The molecule has 1 saturated heterocycles. The number of carbonyl (C=O) groups is 1. The number of aromatic nitrogens is 2. The molecule has 2 aliphatic rings. The summed E-state index contributed by atoms with van der Waals surface area (Å²) in [4.78, 5) is 25.7. The van der Waals surface area contributed by atoms with E-state index >= 15 is 0 Å². The first-order valence-electron chi connectivity index (χ1n) is 12.9. The SMILES string of the molecule is C[C@@H](NC(=O)Cc1ncc(-c2ccc(OCCN3CCN(C)CC3)cc2F)cn1)C1CCCCC1. The zero-order chi connectivity index (χ0) is 24.6. The van der Waals surface area contributed by atoms with E-state index in [2.05, 4.69) is 39.1 Å². The fraction of sp³-hybridized carbons (Fsp3) is 0.593. The summed E-state index contributed by atoms with van der Waals surface area (Å²) < 4.78 is 20.6. The number of hydrogen-bond acceptors (Lipinski definition) is 6. The fourth-order valence-electron chi connectivity index (χ4n) is 4.97. The molecule has 7 nitrogen and oxygen atoms in total. The summed E-state index contributed by atoms with van der Waals surface area (Å²) in [6, 6.07) is 5.04. The lowest BCUT2D eigenvalue weighted by Crippen LogP contribution is -2.45. The van der Waals surface area contributed by atoms with Crippen molar-refractivity contribution < 1.29 is 13.9 Å². The van der Waals surface area contributed by atoms with Gasteiger partial charge in [-0.25, -0.2) is 14.4 Å². The zero-order valence-corrected chi connectivity index (χ0v) is 21.0. The number of amides is 1. The molecule has 1 N–H and O–H groups in total. The minimum absolute atomic E-state index is 0.0694. The van der Waals surface area contributed by atoms with Crippen LogP contribution in [0.3, 0.4) is 0 Å². The molecule has 1 aromatic heterocycles. The van der Waals surface area contributed by atoms with Crippen molar-refractivity contribution in [2.24, 2.45) is 5.92 Å². The predicted octanol–water partition coefficient (Wildman–Crippen LogP) is 3.54. The highest BCUT2D eigenvalue weighted by molar-refractivity contribution is 5.78. The normalized spacial score (nSPS) is 18.8. The number of carbonyl (C=O) groups excluding carboxylic acids is 1. The topological polar surface area (TPSA) is 70.6 Å². The van der Waals surface area contributed by atoms with Crippen LogP contribution in [0.2, 0.25) is 0 Å². The van der Waals surface area contributed by atoms with Crippen LogP contribution in [0.4, 0.5) is 4.39 Å². The van der Waals surface area contributed by atoms with E-state index in [-0.39, 0.29) is 24.2 Å². The van der Waals surface area contributed by atoms with Gasteiger partial charge < -0.3 is 15.0 Å². The van der Waals surface area contributed by atoms with Gasteiger partial charge in [-0.1, -0.05) is 19.3 Å². The van der Waals surface area contributed by atoms with Crippen molar-refractivity contribution in [2.45, 2.75) is 51.5 Å². The molecule has 1 saturated carbocycles. The fourth-order valence-corrected chi connectivity index (χ4v) is 4.97. The summed E-state index contributed by atoms with van der Waals surface area (Å²) in [5, 5.41) is 3.10. The Morgan fingerprint density at radius 2 is 1.86 bits per heavy atom. The van der Waals surface area contributed by atoms with Gasteiger partial charge in [0.15, 0.2) is 0 Å². The number of rotatable bonds is 9. The molecule has 1 aromatic carbocycles. The highest BCUT2D eigenvalue weighted by atomic mass is 19.1. The molecule has 2 fully saturated rings. The number of benzene rings is 1. The number of nitrogens with zero attached hydrogens (tertiary/aromatic N) is 4. The third-order valence-corrected chi connectivity index (χ3v) is 7.29. The molecule has 0 unspecified atom stereocenters. The number of likely N-dealkylation sites (N-methyl/N-ethyl adjacent to an activating group) is 1. The van der Waals surface area contributed by atoms with Gasteiger partial charge in [-0.2, -0.15) is 0 Å². The van der Waals surface area contributed by atoms with E-state index in [0.717, 1.165) is 32.7 Å². The highest BCUT2D eigenvalue weighted by Gasteiger charge is 2.22. The predicted molar refractivity (Wildman–Crippen MR) is 135 cm³/mol. The second kappa shape index (κ2) is 12.4. The van der Waals surface area contributed by atoms with Crippen LogP contribution in [-0.4, -0.2) is 78.1 Å². The molecule has 0 radical (unpaired) electrons. The molecular weight excluding hydrogens is 445 g/mol. The first kappa shape index (κ1) is 25.5. The van der Waals surface area contributed by atoms with Gasteiger partial charge >= 0.3 is 0 Å². The molecule has 0 bridgehead atoms. The summed E-state index contributed by atoms with van der Waals surface area (Å²) in [6.07, 6.45) is 9.42. The van der Waals surface area contributed by atoms with Gasteiger partial charge in [0.05, 0.1) is 6.42 Å². The maximum absolute atomic E-state index is 14.8. The van der Waals surface area contributed by atoms with Crippen molar-refractivity contribution in [3.8, 4) is 16.9 Å². The summed E-state index contributed by atoms with van der Waals surface area (Å²) in [6.45, 7) is 7.64. The second-order valence-corrected chi connectivity index (χ2v) is 9.95. The van der Waals surface area contributed by atoms with Crippen LogP contribution in [0.1, 0.15) is 44.9 Å². The molecule has 1 atom stereocenters. The average Bonchev–Trinajstić information content (AvgIpc) is 2.86. The van der Waals surface area contributed by atoms with E-state index in [1.807, 2.05) is 0 Å². The molecule has 1 aliphatic carbocycles. The lowest BCUT2D eigenvalue weighted by atomic mass is 9.84.